The van der Waals surface area contributed by atoms with Crippen LogP contribution in [0.3, 0.4) is 0 Å². The van der Waals surface area contributed by atoms with Crippen LogP contribution in [-0.4, -0.2) is 17.3 Å². The second kappa shape index (κ2) is 4.44. The summed E-state index contributed by atoms with van der Waals surface area (Å²) in [4.78, 5) is 13.5. The maximum Gasteiger partial charge on any atom is 0.228 e. The highest BCUT2D eigenvalue weighted by Crippen LogP contribution is 2.31. The summed E-state index contributed by atoms with van der Waals surface area (Å²) >= 11 is 9.32. The quantitative estimate of drug-likeness (QED) is 0.748. The lowest BCUT2D eigenvalue weighted by atomic mass is 10.2. The Morgan fingerprint density at radius 1 is 1.56 bits per heavy atom. The van der Waals surface area contributed by atoms with Gasteiger partial charge in [0.15, 0.2) is 0 Å². The van der Waals surface area contributed by atoms with Gasteiger partial charge >= 0.3 is 0 Å². The van der Waals surface area contributed by atoms with Crippen molar-refractivity contribution < 1.29 is 4.79 Å². The van der Waals surface area contributed by atoms with Gasteiger partial charge in [0.1, 0.15) is 6.07 Å². The van der Waals surface area contributed by atoms with Gasteiger partial charge in [-0.15, -0.1) is 0 Å². The van der Waals surface area contributed by atoms with Crippen LogP contribution < -0.4 is 4.90 Å². The number of nitriles is 1. The first-order valence-electron chi connectivity index (χ1n) is 4.76. The van der Waals surface area contributed by atoms with E-state index >= 15 is 0 Å². The lowest BCUT2D eigenvalue weighted by Gasteiger charge is -2.17. The van der Waals surface area contributed by atoms with E-state index in [2.05, 4.69) is 15.9 Å². The number of anilines is 1. The first-order chi connectivity index (χ1) is 7.63. The summed E-state index contributed by atoms with van der Waals surface area (Å²) in [5, 5.41) is 9.41. The molecule has 0 aliphatic carbocycles. The lowest BCUT2D eigenvalue weighted by molar-refractivity contribution is -0.117. The number of alkyl halides is 1. The number of nitrogens with zero attached hydrogens (tertiary/aromatic N) is 2. The minimum Gasteiger partial charge on any atom is -0.310 e. The third-order valence-corrected chi connectivity index (χ3v) is 3.40. The van der Waals surface area contributed by atoms with Crippen molar-refractivity contribution in [3.63, 3.8) is 0 Å². The Hall–Kier alpha value is -1.05. The van der Waals surface area contributed by atoms with E-state index in [1.54, 1.807) is 23.1 Å². The molecule has 1 amide bonds. The summed E-state index contributed by atoms with van der Waals surface area (Å²) in [5.74, 6) is 0.0145. The predicted molar refractivity (Wildman–Crippen MR) is 65.9 cm³/mol. The summed E-state index contributed by atoms with van der Waals surface area (Å²) in [6, 6.07) is 7.17. The van der Waals surface area contributed by atoms with E-state index in [9.17, 15) is 4.79 Å². The smallest absolute Gasteiger partial charge is 0.228 e. The van der Waals surface area contributed by atoms with Gasteiger partial charge in [0.05, 0.1) is 16.3 Å². The van der Waals surface area contributed by atoms with Crippen molar-refractivity contribution in [2.45, 2.75) is 11.2 Å². The number of rotatable bonds is 1. The SMILES string of the molecule is N#Cc1c(Cl)cccc1N1CC(Br)CC1=O. The summed E-state index contributed by atoms with van der Waals surface area (Å²) < 4.78 is 0. The van der Waals surface area contributed by atoms with Crippen molar-refractivity contribution in [1.82, 2.24) is 0 Å². The fraction of sp³-hybridized carbons (Fsp3) is 0.273. The molecular weight excluding hydrogens is 291 g/mol. The van der Waals surface area contributed by atoms with Crippen LogP contribution in [0.25, 0.3) is 0 Å². The third-order valence-electron chi connectivity index (χ3n) is 2.47. The molecular formula is C11H8BrClN2O. The zero-order valence-electron chi connectivity index (χ0n) is 8.28. The van der Waals surface area contributed by atoms with E-state index in [0.29, 0.717) is 29.2 Å². The fourth-order valence-electron chi connectivity index (χ4n) is 1.75. The number of amides is 1. The number of benzene rings is 1. The van der Waals surface area contributed by atoms with Gasteiger partial charge in [0.2, 0.25) is 5.91 Å². The normalized spacial score (nSPS) is 19.9. The van der Waals surface area contributed by atoms with Crippen LogP contribution in [0.15, 0.2) is 18.2 Å². The second-order valence-corrected chi connectivity index (χ2v) is 5.25. The summed E-state index contributed by atoms with van der Waals surface area (Å²) in [6.07, 6.45) is 0.456. The van der Waals surface area contributed by atoms with Crippen LogP contribution in [0.4, 0.5) is 5.69 Å². The third kappa shape index (κ3) is 1.93. The van der Waals surface area contributed by atoms with Gasteiger partial charge in [-0.25, -0.2) is 0 Å². The number of halogens is 2. The van der Waals surface area contributed by atoms with Gasteiger partial charge in [-0.3, -0.25) is 4.79 Å². The molecule has 5 heteroatoms. The molecule has 1 fully saturated rings. The zero-order valence-corrected chi connectivity index (χ0v) is 10.6. The van der Waals surface area contributed by atoms with Crippen LogP contribution >= 0.6 is 27.5 Å². The molecule has 0 saturated carbocycles. The van der Waals surface area contributed by atoms with E-state index < -0.39 is 0 Å². The Morgan fingerprint density at radius 3 is 2.88 bits per heavy atom. The summed E-state index contributed by atoms with van der Waals surface area (Å²) in [6.45, 7) is 0.577. The molecule has 1 aromatic rings. The molecule has 0 N–H and O–H groups in total. The van der Waals surface area contributed by atoms with Gasteiger partial charge in [-0.05, 0) is 12.1 Å². The number of hydrogen-bond acceptors (Lipinski definition) is 2. The highest BCUT2D eigenvalue weighted by molar-refractivity contribution is 9.09. The maximum absolute atomic E-state index is 11.7. The molecule has 0 bridgehead atoms. The molecule has 82 valence electrons. The monoisotopic (exact) mass is 298 g/mol. The van der Waals surface area contributed by atoms with Crippen molar-refractivity contribution in [2.75, 3.05) is 11.4 Å². The van der Waals surface area contributed by atoms with Gasteiger partial charge in [0, 0.05) is 17.8 Å². The van der Waals surface area contributed by atoms with Crippen LogP contribution in [0.1, 0.15) is 12.0 Å². The standard InChI is InChI=1S/C11H8BrClN2O/c12-7-4-11(16)15(6-7)10-3-1-2-9(13)8(10)5-14/h1-3,7H,4,6H2. The van der Waals surface area contributed by atoms with Gasteiger partial charge < -0.3 is 4.90 Å². The Labute approximate surface area is 107 Å². The number of carbonyl (C=O) groups excluding carboxylic acids is 1. The summed E-state index contributed by atoms with van der Waals surface area (Å²) in [7, 11) is 0. The van der Waals surface area contributed by atoms with Gasteiger partial charge in [0.25, 0.3) is 0 Å². The molecule has 1 aliphatic heterocycles. The molecule has 0 spiro atoms. The first-order valence-corrected chi connectivity index (χ1v) is 6.06. The maximum atomic E-state index is 11.7. The first kappa shape index (κ1) is 11.4. The average molecular weight is 300 g/mol. The van der Waals surface area contributed by atoms with E-state index in [4.69, 9.17) is 16.9 Å². The van der Waals surface area contributed by atoms with E-state index in [1.807, 2.05) is 6.07 Å². The van der Waals surface area contributed by atoms with Crippen molar-refractivity contribution in [3.05, 3.63) is 28.8 Å². The second-order valence-electron chi connectivity index (χ2n) is 3.55. The molecule has 3 nitrogen and oxygen atoms in total. The van der Waals surface area contributed by atoms with Crippen LogP contribution in [-0.2, 0) is 4.79 Å². The topological polar surface area (TPSA) is 44.1 Å². The largest absolute Gasteiger partial charge is 0.310 e. The Bertz CT molecular complexity index is 483. The van der Waals surface area contributed by atoms with E-state index in [1.165, 1.54) is 0 Å². The molecule has 16 heavy (non-hydrogen) atoms. The van der Waals surface area contributed by atoms with Crippen LogP contribution in [0.5, 0.6) is 0 Å². The molecule has 1 saturated heterocycles. The highest BCUT2D eigenvalue weighted by atomic mass is 79.9. The lowest BCUT2D eigenvalue weighted by Crippen LogP contribution is -2.25. The Morgan fingerprint density at radius 2 is 2.31 bits per heavy atom. The number of hydrogen-bond donors (Lipinski definition) is 0. The van der Waals surface area contributed by atoms with Crippen LogP contribution in [0, 0.1) is 11.3 Å². The van der Waals surface area contributed by atoms with Crippen molar-refractivity contribution in [2.24, 2.45) is 0 Å². The summed E-state index contributed by atoms with van der Waals surface area (Å²) in [5.41, 5.74) is 0.959. The molecule has 1 atom stereocenters. The van der Waals surface area contributed by atoms with Crippen molar-refractivity contribution in [3.8, 4) is 6.07 Å². The zero-order chi connectivity index (χ0) is 11.7. The molecule has 1 aromatic carbocycles. The van der Waals surface area contributed by atoms with E-state index in [0.717, 1.165) is 0 Å². The van der Waals surface area contributed by atoms with Crippen LogP contribution in [0.2, 0.25) is 5.02 Å². The fourth-order valence-corrected chi connectivity index (χ4v) is 2.52. The van der Waals surface area contributed by atoms with Crippen molar-refractivity contribution in [1.29, 1.82) is 5.26 Å². The predicted octanol–water partition coefficient (Wildman–Crippen LogP) is 2.71. The average Bonchev–Trinajstić information content (AvgIpc) is 2.57. The van der Waals surface area contributed by atoms with Gasteiger partial charge in [-0.1, -0.05) is 33.6 Å². The Kier molecular flexibility index (Phi) is 3.17. The molecule has 1 heterocycles. The highest BCUT2D eigenvalue weighted by Gasteiger charge is 2.30. The molecule has 1 aliphatic rings. The molecule has 2 rings (SSSR count). The molecule has 0 aromatic heterocycles. The molecule has 1 unspecified atom stereocenters. The van der Waals surface area contributed by atoms with Gasteiger partial charge in [-0.2, -0.15) is 5.26 Å². The number of carbonyl (C=O) groups is 1. The van der Waals surface area contributed by atoms with E-state index in [-0.39, 0.29) is 10.7 Å². The minimum absolute atomic E-state index is 0.0145. The Balaban J connectivity index is 2.45. The molecule has 0 radical (unpaired) electrons. The van der Waals surface area contributed by atoms with Crippen molar-refractivity contribution >= 4 is 39.1 Å². The minimum atomic E-state index is 0.0145.